The number of aromatic nitrogens is 4. The Morgan fingerprint density at radius 1 is 0.600 bits per heavy atom. The summed E-state index contributed by atoms with van der Waals surface area (Å²) in [4.78, 5) is 85.9. The molecule has 1 radical (unpaired) electrons. The van der Waals surface area contributed by atoms with Gasteiger partial charge in [0.15, 0.2) is 0 Å². The third-order valence-corrected chi connectivity index (χ3v) is 8.36. The van der Waals surface area contributed by atoms with Crippen LogP contribution in [0.5, 0.6) is 0 Å². The normalized spacial score (nSPS) is 14.1. The van der Waals surface area contributed by atoms with E-state index < -0.39 is 71.8 Å². The number of hydrogen-bond acceptors (Lipinski definition) is 14. The molecule has 4 amide bonds. The van der Waals surface area contributed by atoms with E-state index in [1.54, 1.807) is 27.7 Å². The Bertz CT molecular complexity index is 1320. The Labute approximate surface area is 331 Å². The maximum atomic E-state index is 12.6. The molecule has 0 fully saturated rings. The largest absolute Gasteiger partial charge is 2.00 e. The number of H-pyrrole nitrogens is 2. The van der Waals surface area contributed by atoms with Crippen molar-refractivity contribution in [3.8, 4) is 0 Å². The molecule has 21 heteroatoms. The molecule has 0 unspecified atom stereocenters. The molecule has 2 aromatic heterocycles. The molecule has 2 aromatic rings. The molecule has 0 spiro atoms. The van der Waals surface area contributed by atoms with Gasteiger partial charge in [0.1, 0.15) is 12.1 Å². The van der Waals surface area contributed by atoms with Crippen LogP contribution in [0.3, 0.4) is 0 Å². The zero-order chi connectivity index (χ0) is 40.8. The number of imidazole rings is 2. The van der Waals surface area contributed by atoms with Crippen LogP contribution in [0.15, 0.2) is 25.0 Å². The predicted octanol–water partition coefficient (Wildman–Crippen LogP) is -4.43. The van der Waals surface area contributed by atoms with Gasteiger partial charge in [0.2, 0.25) is 23.6 Å². The summed E-state index contributed by atoms with van der Waals surface area (Å²) in [6, 6.07) is -5.90. The van der Waals surface area contributed by atoms with E-state index in [0.29, 0.717) is 50.2 Å². The van der Waals surface area contributed by atoms with Crippen molar-refractivity contribution in [2.45, 2.75) is 115 Å². The number of hydrogen-bond donors (Lipinski definition) is 10. The maximum absolute atomic E-state index is 12.6. The second-order valence-corrected chi connectivity index (χ2v) is 13.6. The molecular formula is C34H58MnN12O8. The summed E-state index contributed by atoms with van der Waals surface area (Å²) < 4.78 is 0. The molecule has 55 heavy (non-hydrogen) atoms. The Kier molecular flexibility index (Phi) is 25.0. The van der Waals surface area contributed by atoms with Gasteiger partial charge in [-0.2, -0.15) is 0 Å². The molecule has 0 saturated carbocycles. The van der Waals surface area contributed by atoms with Gasteiger partial charge in [0.25, 0.3) is 0 Å². The van der Waals surface area contributed by atoms with Gasteiger partial charge in [-0.3, -0.25) is 19.2 Å². The first-order chi connectivity index (χ1) is 25.5. The second-order valence-electron chi connectivity index (χ2n) is 13.6. The molecule has 2 rings (SSSR count). The van der Waals surface area contributed by atoms with Gasteiger partial charge in [-0.15, -0.1) is 0 Å². The topological polar surface area (TPSA) is 358 Å². The minimum atomic E-state index is -1.38. The van der Waals surface area contributed by atoms with Crippen LogP contribution in [0.1, 0.15) is 77.6 Å². The molecule has 14 N–H and O–H groups in total. The Morgan fingerprint density at radius 3 is 1.18 bits per heavy atom. The number of carboxylic acids is 2. The van der Waals surface area contributed by atoms with Crippen LogP contribution in [0, 0.1) is 11.8 Å². The third-order valence-electron chi connectivity index (χ3n) is 8.36. The van der Waals surface area contributed by atoms with Crippen molar-refractivity contribution >= 4 is 35.6 Å². The van der Waals surface area contributed by atoms with Crippen molar-refractivity contribution in [3.63, 3.8) is 0 Å². The summed E-state index contributed by atoms with van der Waals surface area (Å²) >= 11 is 0. The van der Waals surface area contributed by atoms with Crippen LogP contribution in [0.2, 0.25) is 0 Å². The van der Waals surface area contributed by atoms with Crippen LogP contribution in [-0.4, -0.2) is 105 Å². The summed E-state index contributed by atoms with van der Waals surface area (Å²) in [5, 5.41) is 32.7. The van der Waals surface area contributed by atoms with E-state index in [0.717, 1.165) is 0 Å². The number of carbonyl (C=O) groups excluding carboxylic acids is 6. The van der Waals surface area contributed by atoms with Crippen molar-refractivity contribution in [2.24, 2.45) is 34.8 Å². The molecule has 0 aliphatic rings. The number of aliphatic carboxylic acids is 2. The van der Waals surface area contributed by atoms with Crippen LogP contribution >= 0.6 is 0 Å². The Hall–Kier alpha value is -4.40. The Balaban J connectivity index is 0.00000104. The fourth-order valence-electron chi connectivity index (χ4n) is 4.82. The number of nitrogens with two attached hydrogens (primary N) is 4. The number of carbonyl (C=O) groups is 6. The molecule has 0 aromatic carbocycles. The number of nitrogens with zero attached hydrogens (tertiary/aromatic N) is 2. The van der Waals surface area contributed by atoms with Crippen LogP contribution in [-0.2, 0) is 58.7 Å². The van der Waals surface area contributed by atoms with E-state index in [9.17, 15) is 39.0 Å². The van der Waals surface area contributed by atoms with E-state index in [2.05, 4.69) is 41.2 Å². The third kappa shape index (κ3) is 19.7. The second kappa shape index (κ2) is 27.2. The number of rotatable bonds is 24. The summed E-state index contributed by atoms with van der Waals surface area (Å²) in [5.74, 6) is -5.24. The van der Waals surface area contributed by atoms with E-state index in [-0.39, 0.29) is 54.6 Å². The van der Waals surface area contributed by atoms with Crippen molar-refractivity contribution in [1.29, 1.82) is 0 Å². The minimum absolute atomic E-state index is 0. The van der Waals surface area contributed by atoms with Gasteiger partial charge >= 0.3 is 17.1 Å². The smallest absolute Gasteiger partial charge is 0.548 e. The van der Waals surface area contributed by atoms with Crippen LogP contribution in [0.4, 0.5) is 0 Å². The molecule has 6 atom stereocenters. The molecule has 0 aliphatic heterocycles. The fraction of sp³-hybridized carbons (Fsp3) is 0.647. The minimum Gasteiger partial charge on any atom is -0.548 e. The monoisotopic (exact) mass is 817 g/mol. The van der Waals surface area contributed by atoms with Crippen LogP contribution in [0.25, 0.3) is 0 Å². The molecular weight excluding hydrogens is 759 g/mol. The predicted molar refractivity (Wildman–Crippen MR) is 194 cm³/mol. The van der Waals surface area contributed by atoms with E-state index in [4.69, 9.17) is 22.9 Å². The quantitative estimate of drug-likeness (QED) is 0.0353. The number of aromatic amines is 2. The van der Waals surface area contributed by atoms with Gasteiger partial charge in [0.05, 0.1) is 48.8 Å². The average molecular weight is 818 g/mol. The molecule has 0 aliphatic carbocycles. The summed E-state index contributed by atoms with van der Waals surface area (Å²) in [5.41, 5.74) is 23.7. The molecule has 2 heterocycles. The zero-order valence-electron chi connectivity index (χ0n) is 31.8. The summed E-state index contributed by atoms with van der Waals surface area (Å²) in [7, 11) is 0. The number of carboxylic acid groups (broad SMARTS) is 2. The Morgan fingerprint density at radius 2 is 0.927 bits per heavy atom. The van der Waals surface area contributed by atoms with Gasteiger partial charge in [0, 0.05) is 36.6 Å². The van der Waals surface area contributed by atoms with Crippen LogP contribution < -0.4 is 54.4 Å². The van der Waals surface area contributed by atoms with E-state index in [1.807, 2.05) is 0 Å². The molecule has 309 valence electrons. The fourth-order valence-corrected chi connectivity index (χ4v) is 4.82. The van der Waals surface area contributed by atoms with Crippen molar-refractivity contribution in [1.82, 2.24) is 41.2 Å². The maximum Gasteiger partial charge on any atom is 2.00 e. The van der Waals surface area contributed by atoms with Crippen molar-refractivity contribution in [2.75, 3.05) is 13.1 Å². The van der Waals surface area contributed by atoms with E-state index >= 15 is 0 Å². The number of nitrogens with one attached hydrogen (secondary N) is 6. The first kappa shape index (κ1) is 50.6. The zero-order valence-corrected chi connectivity index (χ0v) is 33.0. The molecule has 20 nitrogen and oxygen atoms in total. The van der Waals surface area contributed by atoms with Gasteiger partial charge in [-0.1, -0.05) is 27.7 Å². The molecule has 0 bridgehead atoms. The average Bonchev–Trinajstić information content (AvgIpc) is 3.84. The van der Waals surface area contributed by atoms with Gasteiger partial charge in [-0.05, 0) is 63.5 Å². The van der Waals surface area contributed by atoms with E-state index in [1.165, 1.54) is 25.0 Å². The first-order valence-electron chi connectivity index (χ1n) is 18.0. The van der Waals surface area contributed by atoms with Crippen molar-refractivity contribution in [3.05, 3.63) is 36.4 Å². The van der Waals surface area contributed by atoms with Crippen molar-refractivity contribution < 1.29 is 56.0 Å². The van der Waals surface area contributed by atoms with Gasteiger partial charge < -0.3 is 74.0 Å². The summed E-state index contributed by atoms with van der Waals surface area (Å²) in [6.07, 6.45) is 8.90. The molecule has 0 saturated heterocycles. The SMILES string of the molecule is CC(C)[C@H](N)C(=O)N[C@@H](Cc1cnc[nH]1)C(=O)N[C@@H](CCCCN)C(=O)[O-].CC(C)[C@H](N)C(=O)N[C@@H](Cc1cnc[nH]1)C(=O)N[C@@H](CCCCN)C(=O)[O-].[Mn+2]. The first-order valence-corrected chi connectivity index (χ1v) is 18.0. The van der Waals surface area contributed by atoms with Gasteiger partial charge in [-0.25, -0.2) is 9.97 Å². The standard InChI is InChI=1S/2C17H30N6O4.Mn/c2*1-10(2)14(19)16(25)23-13(7-11-8-20-9-21-11)15(24)22-12(17(26)27)5-3-4-6-18;/h2*8-10,12-14H,3-7,18-19H2,1-2H3,(H,20,21)(H,22,24)(H,23,25)(H,26,27);/q;;+2/p-2/t2*12-,13-,14-;/m00./s1. The summed E-state index contributed by atoms with van der Waals surface area (Å²) in [6.45, 7) is 8.02. The number of amides is 4. The number of unbranched alkanes of at least 4 members (excludes halogenated alkanes) is 2.